The van der Waals surface area contributed by atoms with E-state index in [-0.39, 0.29) is 0 Å². The van der Waals surface area contributed by atoms with Crippen molar-refractivity contribution in [3.8, 4) is 5.75 Å². The molecule has 0 bridgehead atoms. The first kappa shape index (κ1) is 14.9. The highest BCUT2D eigenvalue weighted by Crippen LogP contribution is 2.22. The summed E-state index contributed by atoms with van der Waals surface area (Å²) in [6, 6.07) is 8.44. The van der Waals surface area contributed by atoms with Gasteiger partial charge in [0.2, 0.25) is 0 Å². The standard InChI is InChI=1S/C16H24N2O2/c1-3-11-20-15-4-5-16-14(13-15)6-9-18(16)10-7-17-8-12-19-2/h4-6,9,13,17H,3,7-8,10-12H2,1-2H3. The van der Waals surface area contributed by atoms with Crippen molar-refractivity contribution in [1.29, 1.82) is 0 Å². The van der Waals surface area contributed by atoms with Gasteiger partial charge in [-0.05, 0) is 30.7 Å². The first-order valence-corrected chi connectivity index (χ1v) is 7.26. The van der Waals surface area contributed by atoms with E-state index in [1.54, 1.807) is 7.11 Å². The van der Waals surface area contributed by atoms with Crippen LogP contribution in [0, 0.1) is 0 Å². The van der Waals surface area contributed by atoms with Gasteiger partial charge < -0.3 is 19.4 Å². The van der Waals surface area contributed by atoms with Crippen LogP contribution in [0.15, 0.2) is 30.5 Å². The number of fused-ring (bicyclic) bond motifs is 1. The Bertz CT molecular complexity index is 522. The normalized spacial score (nSPS) is 11.1. The fourth-order valence-corrected chi connectivity index (χ4v) is 2.18. The van der Waals surface area contributed by atoms with Crippen molar-refractivity contribution in [2.75, 3.05) is 33.4 Å². The van der Waals surface area contributed by atoms with Crippen LogP contribution in [0.2, 0.25) is 0 Å². The molecule has 0 aliphatic carbocycles. The summed E-state index contributed by atoms with van der Waals surface area (Å²) in [5.41, 5.74) is 1.25. The van der Waals surface area contributed by atoms with Gasteiger partial charge in [0, 0.05) is 43.8 Å². The molecule has 0 atom stereocenters. The molecule has 1 heterocycles. The highest BCUT2D eigenvalue weighted by molar-refractivity contribution is 5.81. The van der Waals surface area contributed by atoms with Gasteiger partial charge in [0.1, 0.15) is 5.75 Å². The third-order valence-corrected chi connectivity index (χ3v) is 3.23. The van der Waals surface area contributed by atoms with E-state index < -0.39 is 0 Å². The topological polar surface area (TPSA) is 35.4 Å². The lowest BCUT2D eigenvalue weighted by atomic mass is 10.2. The van der Waals surface area contributed by atoms with Crippen LogP contribution in [0.25, 0.3) is 10.9 Å². The minimum absolute atomic E-state index is 0.755. The molecule has 0 aliphatic rings. The second-order valence-electron chi connectivity index (χ2n) is 4.82. The van der Waals surface area contributed by atoms with Gasteiger partial charge in [0.05, 0.1) is 13.2 Å². The van der Waals surface area contributed by atoms with Crippen LogP contribution in [-0.2, 0) is 11.3 Å². The van der Waals surface area contributed by atoms with Crippen LogP contribution in [-0.4, -0.2) is 38.0 Å². The van der Waals surface area contributed by atoms with Crippen molar-refractivity contribution in [3.63, 3.8) is 0 Å². The number of rotatable bonds is 9. The second-order valence-corrected chi connectivity index (χ2v) is 4.82. The Morgan fingerprint density at radius 2 is 2.05 bits per heavy atom. The largest absolute Gasteiger partial charge is 0.494 e. The molecule has 0 amide bonds. The molecule has 1 N–H and O–H groups in total. The molecular weight excluding hydrogens is 252 g/mol. The molecule has 0 aliphatic heterocycles. The van der Waals surface area contributed by atoms with Crippen LogP contribution >= 0.6 is 0 Å². The van der Waals surface area contributed by atoms with Gasteiger partial charge in [-0.3, -0.25) is 0 Å². The monoisotopic (exact) mass is 276 g/mol. The van der Waals surface area contributed by atoms with E-state index in [2.05, 4.69) is 41.2 Å². The summed E-state index contributed by atoms with van der Waals surface area (Å²) < 4.78 is 12.9. The van der Waals surface area contributed by atoms with Crippen molar-refractivity contribution in [2.45, 2.75) is 19.9 Å². The summed E-state index contributed by atoms with van der Waals surface area (Å²) in [5, 5.41) is 4.59. The second kappa shape index (κ2) is 7.92. The van der Waals surface area contributed by atoms with Crippen LogP contribution in [0.3, 0.4) is 0 Å². The Kier molecular flexibility index (Phi) is 5.89. The fraction of sp³-hybridized carbons (Fsp3) is 0.500. The van der Waals surface area contributed by atoms with Crippen LogP contribution in [0.5, 0.6) is 5.75 Å². The molecule has 2 rings (SSSR count). The number of nitrogens with one attached hydrogen (secondary N) is 1. The molecule has 1 aromatic heterocycles. The number of ether oxygens (including phenoxy) is 2. The minimum Gasteiger partial charge on any atom is -0.494 e. The van der Waals surface area contributed by atoms with Crippen molar-refractivity contribution in [1.82, 2.24) is 9.88 Å². The van der Waals surface area contributed by atoms with E-state index in [9.17, 15) is 0 Å². The van der Waals surface area contributed by atoms with Gasteiger partial charge >= 0.3 is 0 Å². The third kappa shape index (κ3) is 3.99. The number of aromatic nitrogens is 1. The van der Waals surface area contributed by atoms with Crippen LogP contribution < -0.4 is 10.1 Å². The molecule has 0 radical (unpaired) electrons. The smallest absolute Gasteiger partial charge is 0.120 e. The van der Waals surface area contributed by atoms with E-state index >= 15 is 0 Å². The highest BCUT2D eigenvalue weighted by atomic mass is 16.5. The lowest BCUT2D eigenvalue weighted by Crippen LogP contribution is -2.23. The van der Waals surface area contributed by atoms with Crippen molar-refractivity contribution < 1.29 is 9.47 Å². The molecule has 20 heavy (non-hydrogen) atoms. The maximum absolute atomic E-state index is 5.66. The van der Waals surface area contributed by atoms with E-state index in [4.69, 9.17) is 9.47 Å². The van der Waals surface area contributed by atoms with E-state index in [1.807, 2.05) is 6.07 Å². The predicted octanol–water partition coefficient (Wildman–Crippen LogP) is 2.67. The minimum atomic E-state index is 0.755. The van der Waals surface area contributed by atoms with Gasteiger partial charge in [-0.2, -0.15) is 0 Å². The Morgan fingerprint density at radius 1 is 1.15 bits per heavy atom. The molecular formula is C16H24N2O2. The number of hydrogen-bond donors (Lipinski definition) is 1. The third-order valence-electron chi connectivity index (χ3n) is 3.23. The molecule has 4 nitrogen and oxygen atoms in total. The Hall–Kier alpha value is -1.52. The zero-order valence-electron chi connectivity index (χ0n) is 12.4. The summed E-state index contributed by atoms with van der Waals surface area (Å²) in [7, 11) is 1.72. The number of hydrogen-bond acceptors (Lipinski definition) is 3. The quantitative estimate of drug-likeness (QED) is 0.715. The summed E-state index contributed by atoms with van der Waals surface area (Å²) in [6.07, 6.45) is 3.17. The summed E-state index contributed by atoms with van der Waals surface area (Å²) in [6.45, 7) is 6.44. The predicted molar refractivity (Wildman–Crippen MR) is 82.5 cm³/mol. The zero-order valence-corrected chi connectivity index (χ0v) is 12.4. The molecule has 0 spiro atoms. The van der Waals surface area contributed by atoms with E-state index in [0.29, 0.717) is 0 Å². The zero-order chi connectivity index (χ0) is 14.2. The molecule has 0 fully saturated rings. The van der Waals surface area contributed by atoms with Crippen molar-refractivity contribution >= 4 is 10.9 Å². The Labute approximate surface area is 120 Å². The van der Waals surface area contributed by atoms with Crippen LogP contribution in [0.1, 0.15) is 13.3 Å². The molecule has 110 valence electrons. The average molecular weight is 276 g/mol. The van der Waals surface area contributed by atoms with Gasteiger partial charge in [-0.15, -0.1) is 0 Å². The number of benzene rings is 1. The van der Waals surface area contributed by atoms with Gasteiger partial charge in [0.15, 0.2) is 0 Å². The molecule has 0 unspecified atom stereocenters. The average Bonchev–Trinajstić information content (AvgIpc) is 2.87. The van der Waals surface area contributed by atoms with E-state index in [1.165, 1.54) is 10.9 Å². The van der Waals surface area contributed by atoms with Crippen molar-refractivity contribution in [3.05, 3.63) is 30.5 Å². The maximum Gasteiger partial charge on any atom is 0.120 e. The highest BCUT2D eigenvalue weighted by Gasteiger charge is 2.02. The van der Waals surface area contributed by atoms with Gasteiger partial charge in [-0.1, -0.05) is 6.92 Å². The molecule has 0 saturated heterocycles. The lowest BCUT2D eigenvalue weighted by molar-refractivity contribution is 0.199. The molecule has 2 aromatic rings. The first-order valence-electron chi connectivity index (χ1n) is 7.26. The van der Waals surface area contributed by atoms with Crippen LogP contribution in [0.4, 0.5) is 0 Å². The van der Waals surface area contributed by atoms with E-state index in [0.717, 1.165) is 45.0 Å². The number of methoxy groups -OCH3 is 1. The Morgan fingerprint density at radius 3 is 2.85 bits per heavy atom. The summed E-state index contributed by atoms with van der Waals surface area (Å²) >= 11 is 0. The van der Waals surface area contributed by atoms with Crippen molar-refractivity contribution in [2.24, 2.45) is 0 Å². The molecule has 1 aromatic carbocycles. The SMILES string of the molecule is CCCOc1ccc2c(ccn2CCNCCOC)c1. The first-order chi connectivity index (χ1) is 9.85. The molecule has 4 heteroatoms. The fourth-order valence-electron chi connectivity index (χ4n) is 2.18. The lowest BCUT2D eigenvalue weighted by Gasteiger charge is -2.08. The van der Waals surface area contributed by atoms with Gasteiger partial charge in [-0.25, -0.2) is 0 Å². The maximum atomic E-state index is 5.66. The summed E-state index contributed by atoms with van der Waals surface area (Å²) in [5.74, 6) is 0.954. The summed E-state index contributed by atoms with van der Waals surface area (Å²) in [4.78, 5) is 0. The molecule has 0 saturated carbocycles. The number of nitrogens with zero attached hydrogens (tertiary/aromatic N) is 1. The Balaban J connectivity index is 1.94. The van der Waals surface area contributed by atoms with Gasteiger partial charge in [0.25, 0.3) is 0 Å².